The van der Waals surface area contributed by atoms with Crippen LogP contribution < -0.4 is 11.1 Å². The highest BCUT2D eigenvalue weighted by Gasteiger charge is 2.23. The lowest BCUT2D eigenvalue weighted by molar-refractivity contribution is 0.0858. The molecule has 1 aromatic heterocycles. The highest BCUT2D eigenvalue weighted by Crippen LogP contribution is 2.28. The van der Waals surface area contributed by atoms with Crippen molar-refractivity contribution in [2.75, 3.05) is 11.1 Å². The lowest BCUT2D eigenvalue weighted by Gasteiger charge is -2.16. The number of hydrogen-bond donors (Lipinski definition) is 3. The summed E-state index contributed by atoms with van der Waals surface area (Å²) in [6.07, 6.45) is 0. The second-order valence-corrected chi connectivity index (χ2v) is 8.72. The number of H-pyrrole nitrogens is 1. The number of anilines is 2. The van der Waals surface area contributed by atoms with Crippen LogP contribution in [0.5, 0.6) is 0 Å². The molecular weight excluding hydrogens is 386 g/mol. The standard InChI is InChI=1S/C26H25N3O2/c1-26(2,3)24(30)18-8-13-22-19(14-18)15-23(29-22)16-6-11-21(12-7-16)28-25(31)17-4-9-20(27)10-5-17/h4-15,29H,27H2,1-3H3,(H,28,31). The molecule has 3 aromatic carbocycles. The summed E-state index contributed by atoms with van der Waals surface area (Å²) in [5, 5.41) is 3.88. The highest BCUT2D eigenvalue weighted by atomic mass is 16.1. The number of benzene rings is 3. The van der Waals surface area contributed by atoms with E-state index in [1.807, 2.05) is 69.3 Å². The first-order valence-electron chi connectivity index (χ1n) is 10.2. The molecular formula is C26H25N3O2. The lowest BCUT2D eigenvalue weighted by Crippen LogP contribution is -2.19. The number of ketones is 1. The summed E-state index contributed by atoms with van der Waals surface area (Å²) >= 11 is 0. The third kappa shape index (κ3) is 4.36. The fourth-order valence-corrected chi connectivity index (χ4v) is 3.43. The van der Waals surface area contributed by atoms with E-state index in [0.29, 0.717) is 22.5 Å². The van der Waals surface area contributed by atoms with E-state index in [-0.39, 0.29) is 11.7 Å². The fourth-order valence-electron chi connectivity index (χ4n) is 3.43. The van der Waals surface area contributed by atoms with E-state index in [9.17, 15) is 9.59 Å². The van der Waals surface area contributed by atoms with Crippen molar-refractivity contribution < 1.29 is 9.59 Å². The second kappa shape index (κ2) is 7.76. The summed E-state index contributed by atoms with van der Waals surface area (Å²) in [5.74, 6) is -0.0623. The minimum absolute atomic E-state index is 0.123. The minimum atomic E-state index is -0.417. The molecule has 1 amide bonds. The summed E-state index contributed by atoms with van der Waals surface area (Å²) in [6, 6.07) is 22.2. The highest BCUT2D eigenvalue weighted by molar-refractivity contribution is 6.05. The number of carbonyl (C=O) groups is 2. The van der Waals surface area contributed by atoms with Crippen molar-refractivity contribution in [3.8, 4) is 11.3 Å². The van der Waals surface area contributed by atoms with Gasteiger partial charge in [0.25, 0.3) is 5.91 Å². The van der Waals surface area contributed by atoms with Gasteiger partial charge in [-0.1, -0.05) is 32.9 Å². The van der Waals surface area contributed by atoms with Crippen molar-refractivity contribution in [1.82, 2.24) is 4.98 Å². The summed E-state index contributed by atoms with van der Waals surface area (Å²) in [5.41, 5.74) is 10.8. The van der Waals surface area contributed by atoms with Gasteiger partial charge in [-0.2, -0.15) is 0 Å². The summed E-state index contributed by atoms with van der Waals surface area (Å²) in [4.78, 5) is 28.3. The van der Waals surface area contributed by atoms with Crippen molar-refractivity contribution in [2.24, 2.45) is 5.41 Å². The smallest absolute Gasteiger partial charge is 0.255 e. The lowest BCUT2D eigenvalue weighted by atomic mass is 9.86. The Bertz CT molecular complexity index is 1260. The topological polar surface area (TPSA) is 88.0 Å². The van der Waals surface area contributed by atoms with Crippen LogP contribution in [-0.2, 0) is 0 Å². The zero-order valence-corrected chi connectivity index (χ0v) is 17.8. The zero-order chi connectivity index (χ0) is 22.2. The Labute approximate surface area is 181 Å². The Kier molecular flexibility index (Phi) is 5.11. The van der Waals surface area contributed by atoms with Crippen molar-refractivity contribution in [1.29, 1.82) is 0 Å². The molecule has 31 heavy (non-hydrogen) atoms. The van der Waals surface area contributed by atoms with Gasteiger partial charge in [0.2, 0.25) is 0 Å². The predicted octanol–water partition coefficient (Wildman–Crippen LogP) is 5.90. The Morgan fingerprint density at radius 1 is 0.839 bits per heavy atom. The van der Waals surface area contributed by atoms with E-state index in [1.165, 1.54) is 0 Å². The molecule has 0 saturated heterocycles. The minimum Gasteiger partial charge on any atom is -0.399 e. The van der Waals surface area contributed by atoms with Crippen LogP contribution in [0, 0.1) is 5.41 Å². The quantitative estimate of drug-likeness (QED) is 0.289. The number of nitrogen functional groups attached to an aromatic ring is 1. The maximum absolute atomic E-state index is 12.6. The second-order valence-electron chi connectivity index (χ2n) is 8.72. The average molecular weight is 412 g/mol. The van der Waals surface area contributed by atoms with Gasteiger partial charge in [-0.15, -0.1) is 0 Å². The normalized spacial score (nSPS) is 11.5. The number of nitrogens with two attached hydrogens (primary N) is 1. The Morgan fingerprint density at radius 3 is 2.13 bits per heavy atom. The third-order valence-electron chi connectivity index (χ3n) is 5.19. The van der Waals surface area contributed by atoms with Crippen LogP contribution in [0.4, 0.5) is 11.4 Å². The molecule has 0 saturated carbocycles. The summed E-state index contributed by atoms with van der Waals surface area (Å²) in [6.45, 7) is 5.78. The fraction of sp³-hybridized carbons (Fsp3) is 0.154. The maximum Gasteiger partial charge on any atom is 0.255 e. The van der Waals surface area contributed by atoms with Gasteiger partial charge in [-0.3, -0.25) is 9.59 Å². The number of hydrogen-bond acceptors (Lipinski definition) is 3. The number of Topliss-reactive ketones (excluding diaryl/α,β-unsaturated/α-hetero) is 1. The van der Waals surface area contributed by atoms with Gasteiger partial charge in [0.15, 0.2) is 5.78 Å². The van der Waals surface area contributed by atoms with Gasteiger partial charge in [-0.25, -0.2) is 0 Å². The maximum atomic E-state index is 12.6. The molecule has 4 N–H and O–H groups in total. The SMILES string of the molecule is CC(C)(C)C(=O)c1ccc2[nH]c(-c3ccc(NC(=O)c4ccc(N)cc4)cc3)cc2c1. The molecule has 0 unspecified atom stereocenters. The number of amides is 1. The molecule has 0 spiro atoms. The van der Waals surface area contributed by atoms with Crippen molar-refractivity contribution in [3.63, 3.8) is 0 Å². The molecule has 1 heterocycles. The van der Waals surface area contributed by atoms with Gasteiger partial charge in [0.1, 0.15) is 0 Å². The van der Waals surface area contributed by atoms with Gasteiger partial charge in [0, 0.05) is 44.5 Å². The van der Waals surface area contributed by atoms with Crippen molar-refractivity contribution in [2.45, 2.75) is 20.8 Å². The van der Waals surface area contributed by atoms with Gasteiger partial charge >= 0.3 is 0 Å². The molecule has 4 rings (SSSR count). The number of rotatable bonds is 4. The van der Waals surface area contributed by atoms with Crippen LogP contribution in [0.15, 0.2) is 72.8 Å². The van der Waals surface area contributed by atoms with E-state index >= 15 is 0 Å². The van der Waals surface area contributed by atoms with E-state index in [2.05, 4.69) is 10.3 Å². The molecule has 0 aliphatic rings. The zero-order valence-electron chi connectivity index (χ0n) is 17.8. The van der Waals surface area contributed by atoms with Crippen LogP contribution >= 0.6 is 0 Å². The van der Waals surface area contributed by atoms with E-state index in [0.717, 1.165) is 22.2 Å². The van der Waals surface area contributed by atoms with Crippen LogP contribution in [0.3, 0.4) is 0 Å². The molecule has 156 valence electrons. The first-order chi connectivity index (χ1) is 14.7. The van der Waals surface area contributed by atoms with Gasteiger partial charge < -0.3 is 16.0 Å². The van der Waals surface area contributed by atoms with Crippen LogP contribution in [0.2, 0.25) is 0 Å². The number of fused-ring (bicyclic) bond motifs is 1. The number of aromatic amines is 1. The average Bonchev–Trinajstić information content (AvgIpc) is 3.17. The van der Waals surface area contributed by atoms with Crippen LogP contribution in [0.1, 0.15) is 41.5 Å². The van der Waals surface area contributed by atoms with E-state index < -0.39 is 5.41 Å². The number of aromatic nitrogens is 1. The van der Waals surface area contributed by atoms with E-state index in [4.69, 9.17) is 5.73 Å². The predicted molar refractivity (Wildman–Crippen MR) is 126 cm³/mol. The number of nitrogens with one attached hydrogen (secondary N) is 2. The Morgan fingerprint density at radius 2 is 1.48 bits per heavy atom. The molecule has 5 nitrogen and oxygen atoms in total. The monoisotopic (exact) mass is 411 g/mol. The Hall–Kier alpha value is -3.86. The largest absolute Gasteiger partial charge is 0.399 e. The van der Waals surface area contributed by atoms with Gasteiger partial charge in [0.05, 0.1) is 0 Å². The molecule has 4 aromatic rings. The number of carbonyl (C=O) groups excluding carboxylic acids is 2. The van der Waals surface area contributed by atoms with Crippen molar-refractivity contribution in [3.05, 3.63) is 83.9 Å². The first-order valence-corrected chi connectivity index (χ1v) is 10.2. The van der Waals surface area contributed by atoms with Crippen LogP contribution in [0.25, 0.3) is 22.2 Å². The van der Waals surface area contributed by atoms with Crippen LogP contribution in [-0.4, -0.2) is 16.7 Å². The molecule has 0 atom stereocenters. The van der Waals surface area contributed by atoms with Crippen molar-refractivity contribution >= 4 is 34.0 Å². The van der Waals surface area contributed by atoms with Gasteiger partial charge in [-0.05, 0) is 66.2 Å². The third-order valence-corrected chi connectivity index (χ3v) is 5.19. The molecule has 0 aliphatic carbocycles. The molecule has 0 aliphatic heterocycles. The summed E-state index contributed by atoms with van der Waals surface area (Å²) < 4.78 is 0. The molecule has 0 fully saturated rings. The summed E-state index contributed by atoms with van der Waals surface area (Å²) in [7, 11) is 0. The Balaban J connectivity index is 1.54. The molecule has 0 bridgehead atoms. The molecule has 0 radical (unpaired) electrons. The molecule has 5 heteroatoms. The first kappa shape index (κ1) is 20.4. The van der Waals surface area contributed by atoms with E-state index in [1.54, 1.807) is 24.3 Å².